The molecule has 3 nitrogen and oxygen atoms in total. The fourth-order valence-electron chi connectivity index (χ4n) is 2.91. The van der Waals surface area contributed by atoms with Gasteiger partial charge in [0.2, 0.25) is 5.91 Å². The molecule has 18 heavy (non-hydrogen) atoms. The van der Waals surface area contributed by atoms with Gasteiger partial charge in [-0.15, -0.1) is 0 Å². The summed E-state index contributed by atoms with van der Waals surface area (Å²) in [6.45, 7) is 7.41. The molecule has 1 heterocycles. The molecule has 0 bridgehead atoms. The monoisotopic (exact) mass is 252 g/mol. The van der Waals surface area contributed by atoms with Gasteiger partial charge < -0.3 is 4.90 Å². The maximum Gasteiger partial charge on any atom is 0.241 e. The fraction of sp³-hybridized carbons (Fsp3) is 0.933. The molecule has 1 aliphatic carbocycles. The van der Waals surface area contributed by atoms with Gasteiger partial charge in [0.25, 0.3) is 0 Å². The van der Waals surface area contributed by atoms with Crippen LogP contribution in [0.3, 0.4) is 0 Å². The van der Waals surface area contributed by atoms with Crippen molar-refractivity contribution in [3.8, 4) is 0 Å². The maximum atomic E-state index is 12.4. The summed E-state index contributed by atoms with van der Waals surface area (Å²) in [5, 5.41) is 3.52. The van der Waals surface area contributed by atoms with Crippen molar-refractivity contribution in [1.29, 1.82) is 0 Å². The van der Waals surface area contributed by atoms with E-state index in [1.165, 1.54) is 25.7 Å². The van der Waals surface area contributed by atoms with Gasteiger partial charge in [-0.1, -0.05) is 40.0 Å². The molecule has 2 fully saturated rings. The summed E-state index contributed by atoms with van der Waals surface area (Å²) in [5.41, 5.74) is 0. The Balaban J connectivity index is 1.87. The molecular formula is C15H28N2O. The lowest BCUT2D eigenvalue weighted by Crippen LogP contribution is -2.38. The molecular weight excluding hydrogens is 224 g/mol. The van der Waals surface area contributed by atoms with Crippen LogP contribution >= 0.6 is 0 Å². The molecule has 1 N–H and O–H groups in total. The molecule has 2 aliphatic rings. The smallest absolute Gasteiger partial charge is 0.241 e. The number of carbonyl (C=O) groups excluding carboxylic acids is 1. The highest BCUT2D eigenvalue weighted by molar-refractivity contribution is 5.84. The van der Waals surface area contributed by atoms with Gasteiger partial charge in [-0.25, -0.2) is 0 Å². The van der Waals surface area contributed by atoms with E-state index in [9.17, 15) is 4.79 Å². The zero-order chi connectivity index (χ0) is 13.1. The molecule has 2 atom stereocenters. The Kier molecular flexibility index (Phi) is 4.66. The molecule has 1 aliphatic heterocycles. The summed E-state index contributed by atoms with van der Waals surface area (Å²) in [7, 11) is 0. The fourth-order valence-corrected chi connectivity index (χ4v) is 2.91. The van der Waals surface area contributed by atoms with Crippen molar-refractivity contribution >= 4 is 5.91 Å². The lowest BCUT2D eigenvalue weighted by molar-refractivity contribution is -0.130. The topological polar surface area (TPSA) is 32.3 Å². The van der Waals surface area contributed by atoms with Gasteiger partial charge in [0.05, 0.1) is 12.2 Å². The molecule has 2 rings (SSSR count). The van der Waals surface area contributed by atoms with Crippen molar-refractivity contribution in [1.82, 2.24) is 10.2 Å². The zero-order valence-electron chi connectivity index (χ0n) is 12.1. The van der Waals surface area contributed by atoms with Crippen molar-refractivity contribution in [2.75, 3.05) is 6.54 Å². The molecule has 0 aromatic rings. The van der Waals surface area contributed by atoms with E-state index in [4.69, 9.17) is 0 Å². The summed E-state index contributed by atoms with van der Waals surface area (Å²) in [5.74, 6) is 1.70. The third-order valence-electron chi connectivity index (χ3n) is 4.23. The second-order valence-electron chi connectivity index (χ2n) is 6.31. The van der Waals surface area contributed by atoms with Crippen LogP contribution in [0.5, 0.6) is 0 Å². The minimum Gasteiger partial charge on any atom is -0.326 e. The number of hydrogen-bond donors (Lipinski definition) is 1. The Hall–Kier alpha value is -0.570. The Labute approximate surface area is 111 Å². The summed E-state index contributed by atoms with van der Waals surface area (Å²) in [6.07, 6.45) is 7.83. The molecule has 0 aromatic heterocycles. The third-order valence-corrected chi connectivity index (χ3v) is 4.23. The van der Waals surface area contributed by atoms with E-state index in [0.29, 0.717) is 11.8 Å². The van der Waals surface area contributed by atoms with Gasteiger partial charge in [0.15, 0.2) is 0 Å². The average molecular weight is 252 g/mol. The molecule has 0 spiro atoms. The normalized spacial score (nSPS) is 28.4. The molecule has 1 amide bonds. The van der Waals surface area contributed by atoms with Crippen LogP contribution in [0.25, 0.3) is 0 Å². The first-order valence-corrected chi connectivity index (χ1v) is 7.70. The van der Waals surface area contributed by atoms with Crippen LogP contribution in [-0.4, -0.2) is 29.6 Å². The van der Waals surface area contributed by atoms with E-state index in [-0.39, 0.29) is 12.2 Å². The molecule has 3 heteroatoms. The SMILES string of the molecule is CCCC1NC(C(C)C)C(=O)N1CCCC1CC1. The first kappa shape index (κ1) is 13.9. The molecule has 1 saturated carbocycles. The summed E-state index contributed by atoms with van der Waals surface area (Å²) >= 11 is 0. The van der Waals surface area contributed by atoms with Gasteiger partial charge in [-0.2, -0.15) is 0 Å². The van der Waals surface area contributed by atoms with Gasteiger partial charge in [-0.05, 0) is 31.1 Å². The zero-order valence-corrected chi connectivity index (χ0v) is 12.1. The molecule has 0 radical (unpaired) electrons. The van der Waals surface area contributed by atoms with Crippen LogP contribution in [0.15, 0.2) is 0 Å². The van der Waals surface area contributed by atoms with Gasteiger partial charge >= 0.3 is 0 Å². The Morgan fingerprint density at radius 2 is 2.06 bits per heavy atom. The standard InChI is InChI=1S/C15H28N2O/c1-4-6-13-16-14(11(2)3)15(18)17(13)10-5-7-12-8-9-12/h11-14,16H,4-10H2,1-3H3. The largest absolute Gasteiger partial charge is 0.326 e. The summed E-state index contributed by atoms with van der Waals surface area (Å²) < 4.78 is 0. The van der Waals surface area contributed by atoms with E-state index in [1.54, 1.807) is 0 Å². The minimum absolute atomic E-state index is 0.0440. The summed E-state index contributed by atoms with van der Waals surface area (Å²) in [4.78, 5) is 14.5. The summed E-state index contributed by atoms with van der Waals surface area (Å²) in [6, 6.07) is 0.0440. The van der Waals surface area contributed by atoms with Crippen LogP contribution in [0.4, 0.5) is 0 Å². The highest BCUT2D eigenvalue weighted by Crippen LogP contribution is 2.33. The molecule has 0 aromatic carbocycles. The van der Waals surface area contributed by atoms with Crippen LogP contribution in [0, 0.1) is 11.8 Å². The van der Waals surface area contributed by atoms with Gasteiger partial charge in [0, 0.05) is 6.54 Å². The predicted octanol–water partition coefficient (Wildman–Crippen LogP) is 2.76. The Morgan fingerprint density at radius 1 is 1.33 bits per heavy atom. The lowest BCUT2D eigenvalue weighted by atomic mass is 10.0. The van der Waals surface area contributed by atoms with E-state index >= 15 is 0 Å². The minimum atomic E-state index is 0.0440. The molecule has 1 saturated heterocycles. The van der Waals surface area contributed by atoms with Gasteiger partial charge in [-0.3, -0.25) is 10.1 Å². The van der Waals surface area contributed by atoms with Crippen LogP contribution in [0.1, 0.15) is 59.3 Å². The van der Waals surface area contributed by atoms with E-state index < -0.39 is 0 Å². The van der Waals surface area contributed by atoms with E-state index in [0.717, 1.165) is 25.3 Å². The number of rotatable bonds is 7. The molecule has 104 valence electrons. The Morgan fingerprint density at radius 3 is 2.61 bits per heavy atom. The van der Waals surface area contributed by atoms with Crippen LogP contribution in [-0.2, 0) is 4.79 Å². The second-order valence-corrected chi connectivity index (χ2v) is 6.31. The van der Waals surface area contributed by atoms with Crippen LogP contribution < -0.4 is 5.32 Å². The molecule has 2 unspecified atom stereocenters. The van der Waals surface area contributed by atoms with E-state index in [1.807, 2.05) is 0 Å². The van der Waals surface area contributed by atoms with Crippen molar-refractivity contribution in [2.24, 2.45) is 11.8 Å². The van der Waals surface area contributed by atoms with Crippen molar-refractivity contribution in [3.05, 3.63) is 0 Å². The maximum absolute atomic E-state index is 12.4. The third kappa shape index (κ3) is 3.25. The van der Waals surface area contributed by atoms with Crippen LogP contribution in [0.2, 0.25) is 0 Å². The predicted molar refractivity (Wildman–Crippen MR) is 74.1 cm³/mol. The Bertz CT molecular complexity index is 286. The quantitative estimate of drug-likeness (QED) is 0.755. The van der Waals surface area contributed by atoms with Crippen molar-refractivity contribution in [3.63, 3.8) is 0 Å². The number of hydrogen-bond acceptors (Lipinski definition) is 2. The average Bonchev–Trinajstić information content (AvgIpc) is 3.08. The first-order chi connectivity index (χ1) is 8.63. The second kappa shape index (κ2) is 6.05. The van der Waals surface area contributed by atoms with Crippen molar-refractivity contribution in [2.45, 2.75) is 71.5 Å². The number of nitrogens with zero attached hydrogens (tertiary/aromatic N) is 1. The number of amides is 1. The van der Waals surface area contributed by atoms with E-state index in [2.05, 4.69) is 31.0 Å². The van der Waals surface area contributed by atoms with Gasteiger partial charge in [0.1, 0.15) is 0 Å². The first-order valence-electron chi connectivity index (χ1n) is 7.70. The highest BCUT2D eigenvalue weighted by Gasteiger charge is 2.39. The number of nitrogens with one attached hydrogen (secondary N) is 1. The number of carbonyl (C=O) groups is 1. The van der Waals surface area contributed by atoms with Crippen molar-refractivity contribution < 1.29 is 4.79 Å². The highest BCUT2D eigenvalue weighted by atomic mass is 16.2. The lowest BCUT2D eigenvalue weighted by Gasteiger charge is -2.23.